The molecule has 3 fully saturated rings. The van der Waals surface area contributed by atoms with Gasteiger partial charge in [-0.1, -0.05) is 37.7 Å². The van der Waals surface area contributed by atoms with Gasteiger partial charge < -0.3 is 20.3 Å². The number of nitriles is 1. The van der Waals surface area contributed by atoms with Gasteiger partial charge in [0, 0.05) is 42.5 Å². The number of benzene rings is 2. The van der Waals surface area contributed by atoms with E-state index in [2.05, 4.69) is 23.1 Å². The molecule has 0 amide bonds. The molecule has 2 aromatic carbocycles. The zero-order chi connectivity index (χ0) is 35.6. The fraction of sp³-hybridized carbons (Fsp3) is 0.444. The molecule has 0 bridgehead atoms. The van der Waals surface area contributed by atoms with E-state index in [1.165, 1.54) is 25.0 Å². The van der Waals surface area contributed by atoms with E-state index in [9.17, 15) is 22.8 Å². The van der Waals surface area contributed by atoms with Gasteiger partial charge in [0.1, 0.15) is 41.0 Å². The lowest BCUT2D eigenvalue weighted by molar-refractivity contribution is 0.146. The summed E-state index contributed by atoms with van der Waals surface area (Å²) in [4.78, 5) is 10.3. The highest BCUT2D eigenvalue weighted by atomic mass is 35.5. The number of anilines is 2. The largest absolute Gasteiger partial charge is 0.488 e. The number of aliphatic imine (C=N–C) groups is 1. The number of hydrogen-bond donors (Lipinski definition) is 1. The van der Waals surface area contributed by atoms with E-state index in [1.54, 1.807) is 4.90 Å². The molecule has 2 N–H and O–H groups in total. The van der Waals surface area contributed by atoms with Crippen LogP contribution in [0.4, 0.5) is 38.3 Å². The molecular weight excluding hydrogens is 695 g/mol. The first-order valence-electron chi connectivity index (χ1n) is 16.7. The number of allylic oxidation sites excluding steroid dienone is 2. The van der Waals surface area contributed by atoms with E-state index in [1.807, 2.05) is 17.9 Å². The number of rotatable bonds is 5. The number of ether oxygens (including phenoxy) is 1. The highest BCUT2D eigenvalue weighted by Crippen LogP contribution is 2.57. The summed E-state index contributed by atoms with van der Waals surface area (Å²) in [7, 11) is 0. The molecule has 50 heavy (non-hydrogen) atoms. The second-order valence-electron chi connectivity index (χ2n) is 13.3. The van der Waals surface area contributed by atoms with Crippen molar-refractivity contribution < 1.29 is 26.7 Å². The summed E-state index contributed by atoms with van der Waals surface area (Å²) in [5.74, 6) is -1.28. The maximum Gasteiger partial charge on any atom is 0.277 e. The molecule has 0 aliphatic carbocycles. The third kappa shape index (κ3) is 5.60. The Labute approximate surface area is 296 Å². The molecule has 4 unspecified atom stereocenters. The van der Waals surface area contributed by atoms with Crippen LogP contribution in [0.3, 0.4) is 0 Å². The zero-order valence-corrected chi connectivity index (χ0v) is 29.0. The molecule has 8 rings (SSSR count). The summed E-state index contributed by atoms with van der Waals surface area (Å²) in [6.45, 7) is 12.4. The maximum absolute atomic E-state index is 16.7. The normalized spacial score (nSPS) is 24.1. The van der Waals surface area contributed by atoms with Crippen molar-refractivity contribution in [3.05, 3.63) is 58.9 Å². The molecule has 6 heterocycles. The molecule has 0 saturated carbocycles. The Balaban J connectivity index is 0.000000375. The lowest BCUT2D eigenvalue weighted by Crippen LogP contribution is -2.50. The van der Waals surface area contributed by atoms with Crippen molar-refractivity contribution in [1.29, 1.82) is 5.26 Å². The number of nitrogen functional groups attached to an aromatic ring is 1. The highest BCUT2D eigenvalue weighted by Gasteiger charge is 2.45. The van der Waals surface area contributed by atoms with Crippen molar-refractivity contribution >= 4 is 55.1 Å². The van der Waals surface area contributed by atoms with E-state index in [0.29, 0.717) is 55.6 Å². The van der Waals surface area contributed by atoms with Gasteiger partial charge in [0.15, 0.2) is 11.6 Å². The molecule has 14 heteroatoms. The smallest absolute Gasteiger partial charge is 0.277 e. The first-order valence-corrected chi connectivity index (χ1v) is 17.9. The van der Waals surface area contributed by atoms with Crippen molar-refractivity contribution in [1.82, 2.24) is 9.80 Å². The van der Waals surface area contributed by atoms with E-state index < -0.39 is 24.2 Å². The third-order valence-corrected chi connectivity index (χ3v) is 11.9. The highest BCUT2D eigenvalue weighted by molar-refractivity contribution is 7.23. The summed E-state index contributed by atoms with van der Waals surface area (Å²) in [6.07, 6.45) is 1.21. The minimum atomic E-state index is -2.66. The van der Waals surface area contributed by atoms with Crippen molar-refractivity contribution in [2.45, 2.75) is 63.7 Å². The summed E-state index contributed by atoms with van der Waals surface area (Å²) in [5, 5.41) is 9.98. The van der Waals surface area contributed by atoms with Gasteiger partial charge in [-0.25, -0.2) is 26.9 Å². The molecular formula is C36H36ClF5N6OS. The lowest BCUT2D eigenvalue weighted by Gasteiger charge is -2.45. The molecule has 1 aromatic heterocycles. The number of nitrogens with zero attached hydrogens (tertiary/aromatic N) is 5. The quantitative estimate of drug-likeness (QED) is 0.265. The third-order valence-electron chi connectivity index (χ3n) is 10.5. The van der Waals surface area contributed by atoms with Crippen LogP contribution in [0.25, 0.3) is 21.2 Å². The van der Waals surface area contributed by atoms with Gasteiger partial charge in [0.05, 0.1) is 38.4 Å². The second kappa shape index (κ2) is 13.4. The van der Waals surface area contributed by atoms with Crippen LogP contribution in [0.15, 0.2) is 41.7 Å². The Morgan fingerprint density at radius 2 is 2.02 bits per heavy atom. The standard InChI is InChI=1S/C29H24ClF4N5OS.C7H12FN/c1-4-18-12(2)39-19(14-7-8-38(10-14)13(3)28(33)34)11-40-26-22(30)21(23(32)24(37-18)25(26)39)15-5-6-17(31)27-20(15)16(9-35)29(36)41-27;8-6-4-7-2-1-3-9(7)5-6/h5-6,14,19,28H,2-4,7-8,10-11,36H2,1H3;6-7H,1-5H2. The molecule has 5 aliphatic heterocycles. The Morgan fingerprint density at radius 1 is 1.24 bits per heavy atom. The van der Waals surface area contributed by atoms with Crippen LogP contribution in [-0.2, 0) is 0 Å². The van der Waals surface area contributed by atoms with Crippen LogP contribution in [0.2, 0.25) is 5.02 Å². The maximum atomic E-state index is 16.7. The number of nitrogens with two attached hydrogens (primary N) is 1. The van der Waals surface area contributed by atoms with E-state index in [4.69, 9.17) is 22.1 Å². The van der Waals surface area contributed by atoms with Crippen LogP contribution < -0.4 is 15.4 Å². The van der Waals surface area contributed by atoms with Crippen molar-refractivity contribution in [2.24, 2.45) is 10.9 Å². The Kier molecular flexibility index (Phi) is 9.24. The number of halogens is 6. The lowest BCUT2D eigenvalue weighted by atomic mass is 9.91. The first kappa shape index (κ1) is 34.6. The molecule has 7 nitrogen and oxygen atoms in total. The van der Waals surface area contributed by atoms with Gasteiger partial charge in [-0.15, -0.1) is 11.3 Å². The van der Waals surface area contributed by atoms with Gasteiger partial charge in [-0.3, -0.25) is 4.90 Å². The molecule has 264 valence electrons. The molecule has 0 radical (unpaired) electrons. The van der Waals surface area contributed by atoms with E-state index >= 15 is 4.39 Å². The fourth-order valence-electron chi connectivity index (χ4n) is 8.09. The molecule has 3 saturated heterocycles. The van der Waals surface area contributed by atoms with Gasteiger partial charge in [0.25, 0.3) is 6.43 Å². The first-order chi connectivity index (χ1) is 23.9. The van der Waals surface area contributed by atoms with E-state index in [-0.39, 0.29) is 72.5 Å². The number of alkyl halides is 3. The minimum absolute atomic E-state index is 0.0145. The number of hydrogen-bond acceptors (Lipinski definition) is 8. The fourth-order valence-corrected chi connectivity index (χ4v) is 9.36. The second-order valence-corrected chi connectivity index (χ2v) is 14.7. The molecule has 3 aromatic rings. The summed E-state index contributed by atoms with van der Waals surface area (Å²) in [6, 6.07) is 4.81. The Morgan fingerprint density at radius 3 is 2.72 bits per heavy atom. The van der Waals surface area contributed by atoms with Crippen molar-refractivity contribution in [3.8, 4) is 22.9 Å². The van der Waals surface area contributed by atoms with Gasteiger partial charge >= 0.3 is 0 Å². The monoisotopic (exact) mass is 730 g/mol. The SMILES string of the molecule is C=C(C(F)F)N1CCC(C2COc3c(Cl)c(-c4ccc(F)c5sc(N)c(C#N)c45)c(F)c4c3N2C(=C)C(CC)=N4)C1.FC1CC2CCCN2C1. The van der Waals surface area contributed by atoms with Gasteiger partial charge in [-0.2, -0.15) is 5.26 Å². The number of thiophene rings is 1. The topological polar surface area (TPSA) is 81.1 Å². The number of fused-ring (bicyclic) bond motifs is 2. The van der Waals surface area contributed by atoms with Crippen LogP contribution >= 0.6 is 22.9 Å². The summed E-state index contributed by atoms with van der Waals surface area (Å²) >= 11 is 7.78. The summed E-state index contributed by atoms with van der Waals surface area (Å²) in [5.41, 5.74) is 7.34. The molecule has 5 aliphatic rings. The van der Waals surface area contributed by atoms with Crippen molar-refractivity contribution in [2.75, 3.05) is 43.4 Å². The van der Waals surface area contributed by atoms with Crippen LogP contribution in [-0.4, -0.2) is 73.0 Å². The zero-order valence-electron chi connectivity index (χ0n) is 27.4. The average molecular weight is 731 g/mol. The van der Waals surface area contributed by atoms with Crippen molar-refractivity contribution in [3.63, 3.8) is 0 Å². The van der Waals surface area contributed by atoms with Gasteiger partial charge in [-0.05, 0) is 50.3 Å². The van der Waals surface area contributed by atoms with Gasteiger partial charge in [0.2, 0.25) is 0 Å². The predicted molar refractivity (Wildman–Crippen MR) is 189 cm³/mol. The molecule has 0 spiro atoms. The number of likely N-dealkylation sites (tertiary alicyclic amines) is 1. The van der Waals surface area contributed by atoms with Crippen LogP contribution in [0.1, 0.15) is 44.6 Å². The minimum Gasteiger partial charge on any atom is -0.488 e. The Bertz CT molecular complexity index is 1960. The van der Waals surface area contributed by atoms with Crippen LogP contribution in [0, 0.1) is 28.9 Å². The van der Waals surface area contributed by atoms with E-state index in [0.717, 1.165) is 24.3 Å². The molecule has 4 atom stereocenters. The average Bonchev–Trinajstić information content (AvgIpc) is 3.89. The predicted octanol–water partition coefficient (Wildman–Crippen LogP) is 8.82. The summed E-state index contributed by atoms with van der Waals surface area (Å²) < 4.78 is 77.0. The van der Waals surface area contributed by atoms with Crippen LogP contribution in [0.5, 0.6) is 5.75 Å². The Hall–Kier alpha value is -3.86.